The van der Waals surface area contributed by atoms with Crippen molar-refractivity contribution in [2.24, 2.45) is 0 Å². The van der Waals surface area contributed by atoms with Gasteiger partial charge in [0.25, 0.3) is 0 Å². The molecule has 0 aliphatic heterocycles. The van der Waals surface area contributed by atoms with Crippen LogP contribution < -0.4 is 0 Å². The second-order valence-corrected chi connectivity index (χ2v) is 7.48. The fourth-order valence-electron chi connectivity index (χ4n) is 3.13. The number of hydrogen-bond acceptors (Lipinski definition) is 1. The first-order valence-electron chi connectivity index (χ1n) is 11.3. The molecule has 26 heavy (non-hydrogen) atoms. The molecule has 152 valence electrons. The third-order valence-corrected chi connectivity index (χ3v) is 4.82. The van der Waals surface area contributed by atoms with E-state index in [0.717, 1.165) is 6.42 Å². The van der Waals surface area contributed by atoms with Crippen molar-refractivity contribution in [1.82, 2.24) is 0 Å². The van der Waals surface area contributed by atoms with Crippen LogP contribution in [0.1, 0.15) is 122 Å². The lowest BCUT2D eigenvalue weighted by Crippen LogP contribution is -1.91. The summed E-state index contributed by atoms with van der Waals surface area (Å²) in [5, 5.41) is 8.54. The van der Waals surface area contributed by atoms with Gasteiger partial charge in [-0.1, -0.05) is 95.4 Å². The van der Waals surface area contributed by atoms with E-state index in [4.69, 9.17) is 5.11 Å². The first-order chi connectivity index (χ1) is 12.8. The largest absolute Gasteiger partial charge is 0.481 e. The summed E-state index contributed by atoms with van der Waals surface area (Å²) >= 11 is 0. The van der Waals surface area contributed by atoms with Crippen LogP contribution in [0.5, 0.6) is 0 Å². The molecule has 0 spiro atoms. The fraction of sp³-hybridized carbons (Fsp3) is 0.792. The number of rotatable bonds is 20. The second kappa shape index (κ2) is 22.0. The Kier molecular flexibility index (Phi) is 21.1. The average Bonchev–Trinajstić information content (AvgIpc) is 2.62. The smallest absolute Gasteiger partial charge is 0.303 e. The summed E-state index contributed by atoms with van der Waals surface area (Å²) in [7, 11) is 0. The quantitative estimate of drug-likeness (QED) is 0.174. The standard InChI is InChI=1S/C24H44O2/c1-2-3-4-5-6-7-8-9-10-11-12-13-14-15-16-17-18-19-20-21-22-23-24(25)26/h6-7,20-21H,2-5,8-19,22-23H2,1H3,(H,25,26)/b7-6+,21-20+. The molecule has 0 aliphatic rings. The maximum atomic E-state index is 10.4. The molecule has 2 nitrogen and oxygen atoms in total. The number of carboxylic acids is 1. The van der Waals surface area contributed by atoms with Crippen LogP contribution in [-0.2, 0) is 4.79 Å². The van der Waals surface area contributed by atoms with Gasteiger partial charge in [-0.15, -0.1) is 0 Å². The number of hydrogen-bond donors (Lipinski definition) is 1. The molecule has 0 aromatic carbocycles. The molecule has 0 aromatic heterocycles. The summed E-state index contributed by atoms with van der Waals surface area (Å²) in [4.78, 5) is 10.4. The Hall–Kier alpha value is -1.05. The molecule has 0 atom stereocenters. The molecule has 0 aliphatic carbocycles. The summed E-state index contributed by atoms with van der Waals surface area (Å²) < 4.78 is 0. The van der Waals surface area contributed by atoms with Gasteiger partial charge in [-0.05, 0) is 44.9 Å². The first kappa shape index (κ1) is 24.9. The molecule has 0 heterocycles. The van der Waals surface area contributed by atoms with Crippen LogP contribution in [0.4, 0.5) is 0 Å². The highest BCUT2D eigenvalue weighted by molar-refractivity contribution is 5.66. The maximum absolute atomic E-state index is 10.4. The molecular weight excluding hydrogens is 320 g/mol. The molecule has 0 bridgehead atoms. The highest BCUT2D eigenvalue weighted by atomic mass is 16.4. The van der Waals surface area contributed by atoms with Crippen molar-refractivity contribution in [1.29, 1.82) is 0 Å². The minimum absolute atomic E-state index is 0.256. The molecule has 0 saturated carbocycles. The lowest BCUT2D eigenvalue weighted by molar-refractivity contribution is -0.136. The van der Waals surface area contributed by atoms with Gasteiger partial charge >= 0.3 is 5.97 Å². The summed E-state index contributed by atoms with van der Waals surface area (Å²) in [6, 6.07) is 0. The molecule has 0 saturated heterocycles. The van der Waals surface area contributed by atoms with Crippen LogP contribution in [0, 0.1) is 0 Å². The van der Waals surface area contributed by atoms with Crippen molar-refractivity contribution in [3.8, 4) is 0 Å². The summed E-state index contributed by atoms with van der Waals surface area (Å²) in [5.74, 6) is -0.704. The Labute approximate surface area is 163 Å². The minimum atomic E-state index is -0.704. The van der Waals surface area contributed by atoms with Crippen molar-refractivity contribution < 1.29 is 9.90 Å². The van der Waals surface area contributed by atoms with Gasteiger partial charge in [0.05, 0.1) is 0 Å². The van der Waals surface area contributed by atoms with E-state index in [0.29, 0.717) is 6.42 Å². The lowest BCUT2D eigenvalue weighted by Gasteiger charge is -2.02. The molecule has 0 aromatic rings. The van der Waals surface area contributed by atoms with E-state index < -0.39 is 5.97 Å². The molecular formula is C24H44O2. The summed E-state index contributed by atoms with van der Waals surface area (Å²) in [6.45, 7) is 2.26. The van der Waals surface area contributed by atoms with E-state index in [1.54, 1.807) is 0 Å². The third kappa shape index (κ3) is 22.9. The average molecular weight is 365 g/mol. The topological polar surface area (TPSA) is 37.3 Å². The number of allylic oxidation sites excluding steroid dienone is 4. The van der Waals surface area contributed by atoms with Crippen LogP contribution in [0.3, 0.4) is 0 Å². The van der Waals surface area contributed by atoms with E-state index in [-0.39, 0.29) is 6.42 Å². The van der Waals surface area contributed by atoms with Crippen LogP contribution in [0.15, 0.2) is 24.3 Å². The Bertz CT molecular complexity index is 344. The Morgan fingerprint density at radius 1 is 0.577 bits per heavy atom. The SMILES string of the molecule is CCCCC/C=C/CCCCCCCCCCCC/C=C/CCC(=O)O. The van der Waals surface area contributed by atoms with E-state index in [1.807, 2.05) is 6.08 Å². The fourth-order valence-corrected chi connectivity index (χ4v) is 3.13. The van der Waals surface area contributed by atoms with Gasteiger partial charge in [0, 0.05) is 6.42 Å². The van der Waals surface area contributed by atoms with Crippen LogP contribution in [0.2, 0.25) is 0 Å². The van der Waals surface area contributed by atoms with Gasteiger partial charge in [-0.2, -0.15) is 0 Å². The molecule has 2 heteroatoms. The van der Waals surface area contributed by atoms with Crippen molar-refractivity contribution in [3.05, 3.63) is 24.3 Å². The van der Waals surface area contributed by atoms with E-state index >= 15 is 0 Å². The van der Waals surface area contributed by atoms with Crippen LogP contribution >= 0.6 is 0 Å². The highest BCUT2D eigenvalue weighted by Gasteiger charge is 1.94. The number of carboxylic acid groups (broad SMARTS) is 1. The van der Waals surface area contributed by atoms with Crippen LogP contribution in [0.25, 0.3) is 0 Å². The minimum Gasteiger partial charge on any atom is -0.481 e. The number of unbranched alkanes of at least 4 members (excludes halogenated alkanes) is 14. The van der Waals surface area contributed by atoms with Gasteiger partial charge in [-0.25, -0.2) is 0 Å². The van der Waals surface area contributed by atoms with Crippen molar-refractivity contribution in [3.63, 3.8) is 0 Å². The van der Waals surface area contributed by atoms with Crippen molar-refractivity contribution in [2.75, 3.05) is 0 Å². The van der Waals surface area contributed by atoms with E-state index in [1.165, 1.54) is 96.3 Å². The van der Waals surface area contributed by atoms with Gasteiger partial charge in [0.1, 0.15) is 0 Å². The predicted octanol–water partition coefficient (Wildman–Crippen LogP) is 8.23. The molecule has 1 N–H and O–H groups in total. The monoisotopic (exact) mass is 364 g/mol. The molecule has 0 amide bonds. The maximum Gasteiger partial charge on any atom is 0.303 e. The zero-order chi connectivity index (χ0) is 19.1. The second-order valence-electron chi connectivity index (χ2n) is 7.48. The molecule has 0 rings (SSSR count). The Balaban J connectivity index is 3.10. The Morgan fingerprint density at radius 3 is 1.31 bits per heavy atom. The molecule has 0 fully saturated rings. The Morgan fingerprint density at radius 2 is 0.923 bits per heavy atom. The van der Waals surface area contributed by atoms with E-state index in [2.05, 4.69) is 25.2 Å². The normalized spacial score (nSPS) is 11.7. The van der Waals surface area contributed by atoms with Gasteiger partial charge in [0.2, 0.25) is 0 Å². The summed E-state index contributed by atoms with van der Waals surface area (Å²) in [5.41, 5.74) is 0. The summed E-state index contributed by atoms with van der Waals surface area (Å²) in [6.07, 6.45) is 31.2. The number of aliphatic carboxylic acids is 1. The van der Waals surface area contributed by atoms with Gasteiger partial charge < -0.3 is 5.11 Å². The first-order valence-corrected chi connectivity index (χ1v) is 11.3. The number of carbonyl (C=O) groups is 1. The van der Waals surface area contributed by atoms with Gasteiger partial charge in [-0.3, -0.25) is 4.79 Å². The predicted molar refractivity (Wildman–Crippen MR) is 115 cm³/mol. The van der Waals surface area contributed by atoms with Crippen molar-refractivity contribution in [2.45, 2.75) is 122 Å². The highest BCUT2D eigenvalue weighted by Crippen LogP contribution is 2.12. The molecule has 0 unspecified atom stereocenters. The third-order valence-electron chi connectivity index (χ3n) is 4.82. The lowest BCUT2D eigenvalue weighted by atomic mass is 10.0. The van der Waals surface area contributed by atoms with Crippen molar-refractivity contribution >= 4 is 5.97 Å². The zero-order valence-corrected chi connectivity index (χ0v) is 17.4. The van der Waals surface area contributed by atoms with Crippen LogP contribution in [-0.4, -0.2) is 11.1 Å². The zero-order valence-electron chi connectivity index (χ0n) is 17.4. The van der Waals surface area contributed by atoms with E-state index in [9.17, 15) is 4.79 Å². The van der Waals surface area contributed by atoms with Gasteiger partial charge in [0.15, 0.2) is 0 Å². The molecule has 0 radical (unpaired) electrons.